The van der Waals surface area contributed by atoms with Gasteiger partial charge in [-0.1, -0.05) is 12.1 Å². The molecule has 2 aliphatic rings. The fraction of sp³-hybridized carbons (Fsp3) is 0.562. The number of fused-ring (bicyclic) bond motifs is 1. The van der Waals surface area contributed by atoms with Crippen molar-refractivity contribution in [1.82, 2.24) is 5.32 Å². The molecule has 1 fully saturated rings. The normalized spacial score (nSPS) is 19.2. The Morgan fingerprint density at radius 3 is 3.00 bits per heavy atom. The van der Waals surface area contributed by atoms with E-state index in [1.165, 1.54) is 0 Å². The van der Waals surface area contributed by atoms with Gasteiger partial charge in [0, 0.05) is 25.6 Å². The van der Waals surface area contributed by atoms with Crippen LogP contribution in [0.4, 0.5) is 5.69 Å². The second kappa shape index (κ2) is 6.35. The first kappa shape index (κ1) is 14.2. The Balaban J connectivity index is 1.74. The zero-order valence-corrected chi connectivity index (χ0v) is 12.3. The molecule has 5 heteroatoms. The van der Waals surface area contributed by atoms with Crippen LogP contribution in [0.1, 0.15) is 25.7 Å². The number of benzene rings is 1. The van der Waals surface area contributed by atoms with Crippen LogP contribution < -0.4 is 20.7 Å². The first-order chi connectivity index (χ1) is 10.3. The van der Waals surface area contributed by atoms with E-state index in [4.69, 9.17) is 10.5 Å². The highest BCUT2D eigenvalue weighted by molar-refractivity contribution is 5.78. The van der Waals surface area contributed by atoms with Gasteiger partial charge < -0.3 is 20.7 Å². The third kappa shape index (κ3) is 3.47. The number of rotatable bonds is 5. The maximum Gasteiger partial charge on any atom is 0.222 e. The summed E-state index contributed by atoms with van der Waals surface area (Å²) in [5.74, 6) is 0.992. The van der Waals surface area contributed by atoms with Gasteiger partial charge in [-0.25, -0.2) is 0 Å². The summed E-state index contributed by atoms with van der Waals surface area (Å²) in [6.45, 7) is 2.04. The predicted molar refractivity (Wildman–Crippen MR) is 82.5 cm³/mol. The van der Waals surface area contributed by atoms with E-state index < -0.39 is 0 Å². The molecule has 3 N–H and O–H groups in total. The Hall–Kier alpha value is -1.75. The Kier molecular flexibility index (Phi) is 4.29. The molecule has 1 unspecified atom stereocenters. The van der Waals surface area contributed by atoms with Gasteiger partial charge in [0.25, 0.3) is 0 Å². The average molecular weight is 289 g/mol. The lowest BCUT2D eigenvalue weighted by Gasteiger charge is -2.32. The van der Waals surface area contributed by atoms with Gasteiger partial charge in [-0.15, -0.1) is 0 Å². The standard InChI is InChI=1S/C16H23N3O2/c17-11-13(10-16(20)18-12-6-7-12)19-8-3-9-21-15-5-2-1-4-14(15)19/h1-2,4-5,12-13H,3,6-11,17H2,(H,18,20). The van der Waals surface area contributed by atoms with Crippen molar-refractivity contribution in [2.24, 2.45) is 5.73 Å². The number of para-hydroxylation sites is 2. The molecule has 1 aliphatic carbocycles. The van der Waals surface area contributed by atoms with Crippen LogP contribution in [-0.2, 0) is 4.79 Å². The number of nitrogens with zero attached hydrogens (tertiary/aromatic N) is 1. The van der Waals surface area contributed by atoms with Crippen molar-refractivity contribution >= 4 is 11.6 Å². The third-order valence-corrected chi connectivity index (χ3v) is 4.05. The number of carbonyl (C=O) groups is 1. The molecule has 1 aromatic carbocycles. The first-order valence-corrected chi connectivity index (χ1v) is 7.76. The molecule has 0 bridgehead atoms. The molecule has 1 saturated carbocycles. The van der Waals surface area contributed by atoms with Gasteiger partial charge in [-0.05, 0) is 31.4 Å². The number of carbonyl (C=O) groups excluding carboxylic acids is 1. The molecule has 21 heavy (non-hydrogen) atoms. The fourth-order valence-corrected chi connectivity index (χ4v) is 2.78. The highest BCUT2D eigenvalue weighted by Gasteiger charge is 2.28. The zero-order valence-electron chi connectivity index (χ0n) is 12.3. The fourth-order valence-electron chi connectivity index (χ4n) is 2.78. The Labute approximate surface area is 125 Å². The average Bonchev–Trinajstić information content (AvgIpc) is 3.31. The number of amides is 1. The minimum Gasteiger partial charge on any atom is -0.491 e. The van der Waals surface area contributed by atoms with Crippen molar-refractivity contribution < 1.29 is 9.53 Å². The molecule has 5 nitrogen and oxygen atoms in total. The van der Waals surface area contributed by atoms with Crippen LogP contribution in [0.3, 0.4) is 0 Å². The maximum absolute atomic E-state index is 12.1. The topological polar surface area (TPSA) is 67.6 Å². The largest absolute Gasteiger partial charge is 0.491 e. The van der Waals surface area contributed by atoms with Crippen LogP contribution in [0.25, 0.3) is 0 Å². The molecule has 1 heterocycles. The smallest absolute Gasteiger partial charge is 0.222 e. The summed E-state index contributed by atoms with van der Waals surface area (Å²) >= 11 is 0. The van der Waals surface area contributed by atoms with Crippen molar-refractivity contribution in [3.8, 4) is 5.75 Å². The van der Waals surface area contributed by atoms with Gasteiger partial charge in [0.05, 0.1) is 18.3 Å². The van der Waals surface area contributed by atoms with Crippen molar-refractivity contribution in [3.05, 3.63) is 24.3 Å². The summed E-state index contributed by atoms with van der Waals surface area (Å²) < 4.78 is 5.77. The van der Waals surface area contributed by atoms with Gasteiger partial charge in [0.1, 0.15) is 5.75 Å². The van der Waals surface area contributed by atoms with E-state index in [9.17, 15) is 4.79 Å². The molecular formula is C16H23N3O2. The molecule has 0 radical (unpaired) electrons. The first-order valence-electron chi connectivity index (χ1n) is 7.76. The maximum atomic E-state index is 12.1. The number of nitrogens with two attached hydrogens (primary N) is 1. The van der Waals surface area contributed by atoms with E-state index in [0.717, 1.165) is 37.2 Å². The minimum atomic E-state index is 0.0200. The molecule has 0 spiro atoms. The highest BCUT2D eigenvalue weighted by Crippen LogP contribution is 2.32. The second-order valence-electron chi connectivity index (χ2n) is 5.80. The van der Waals surface area contributed by atoms with Crippen molar-refractivity contribution in [3.63, 3.8) is 0 Å². The lowest BCUT2D eigenvalue weighted by molar-refractivity contribution is -0.121. The Morgan fingerprint density at radius 2 is 2.24 bits per heavy atom. The molecule has 114 valence electrons. The second-order valence-corrected chi connectivity index (χ2v) is 5.80. The van der Waals surface area contributed by atoms with Gasteiger partial charge in [0.2, 0.25) is 5.91 Å². The summed E-state index contributed by atoms with van der Waals surface area (Å²) in [7, 11) is 0. The van der Waals surface area contributed by atoms with E-state index in [-0.39, 0.29) is 11.9 Å². The van der Waals surface area contributed by atoms with Crippen LogP contribution in [-0.4, -0.2) is 37.7 Å². The van der Waals surface area contributed by atoms with Gasteiger partial charge in [-0.3, -0.25) is 4.79 Å². The molecule has 3 rings (SSSR count). The van der Waals surface area contributed by atoms with E-state index in [2.05, 4.69) is 10.2 Å². The lowest BCUT2D eigenvalue weighted by Crippen LogP contribution is -2.44. The Morgan fingerprint density at radius 1 is 1.43 bits per heavy atom. The van der Waals surface area contributed by atoms with Crippen molar-refractivity contribution in [2.45, 2.75) is 37.8 Å². The quantitative estimate of drug-likeness (QED) is 0.856. The van der Waals surface area contributed by atoms with Crippen LogP contribution in [0, 0.1) is 0 Å². The molecular weight excluding hydrogens is 266 g/mol. The summed E-state index contributed by atoms with van der Waals surface area (Å²) in [6.07, 6.45) is 3.61. The van der Waals surface area contributed by atoms with Crippen molar-refractivity contribution in [1.29, 1.82) is 0 Å². The van der Waals surface area contributed by atoms with Crippen LogP contribution in [0.5, 0.6) is 5.75 Å². The van der Waals surface area contributed by atoms with E-state index in [1.54, 1.807) is 0 Å². The van der Waals surface area contributed by atoms with E-state index in [0.29, 0.717) is 25.6 Å². The van der Waals surface area contributed by atoms with E-state index in [1.807, 2.05) is 24.3 Å². The summed E-state index contributed by atoms with van der Waals surface area (Å²) in [6, 6.07) is 8.41. The number of nitrogens with one attached hydrogen (secondary N) is 1. The SMILES string of the molecule is NCC(CC(=O)NC1CC1)N1CCCOc2ccccc21. The van der Waals surface area contributed by atoms with Gasteiger partial charge in [0.15, 0.2) is 0 Å². The predicted octanol–water partition coefficient (Wildman–Crippen LogP) is 1.27. The molecule has 1 aromatic rings. The lowest BCUT2D eigenvalue weighted by atomic mass is 10.1. The molecule has 1 atom stereocenters. The number of hydrogen-bond donors (Lipinski definition) is 2. The minimum absolute atomic E-state index is 0.0200. The summed E-state index contributed by atoms with van der Waals surface area (Å²) in [5, 5.41) is 3.04. The van der Waals surface area contributed by atoms with Crippen LogP contribution >= 0.6 is 0 Å². The molecule has 1 aliphatic heterocycles. The Bertz CT molecular complexity index is 502. The zero-order chi connectivity index (χ0) is 14.7. The molecule has 0 saturated heterocycles. The summed E-state index contributed by atoms with van der Waals surface area (Å²) in [5.41, 5.74) is 6.99. The van der Waals surface area contributed by atoms with Gasteiger partial charge in [-0.2, -0.15) is 0 Å². The van der Waals surface area contributed by atoms with Gasteiger partial charge >= 0.3 is 0 Å². The third-order valence-electron chi connectivity index (χ3n) is 4.05. The number of hydrogen-bond acceptors (Lipinski definition) is 4. The van der Waals surface area contributed by atoms with Crippen molar-refractivity contribution in [2.75, 3.05) is 24.6 Å². The summed E-state index contributed by atoms with van der Waals surface area (Å²) in [4.78, 5) is 14.3. The highest BCUT2D eigenvalue weighted by atomic mass is 16.5. The number of anilines is 1. The van der Waals surface area contributed by atoms with E-state index >= 15 is 0 Å². The van der Waals surface area contributed by atoms with Crippen LogP contribution in [0.15, 0.2) is 24.3 Å². The monoisotopic (exact) mass is 289 g/mol. The van der Waals surface area contributed by atoms with Crippen LogP contribution in [0.2, 0.25) is 0 Å². The molecule has 1 amide bonds. The number of ether oxygens (including phenoxy) is 1. The molecule has 0 aromatic heterocycles.